The number of thiophene rings is 1. The standard InChI is InChI=1S/C10H12INO3S/c11-9-3-7(6-16-9)10(14)12-1-2-15-5-8(12)4-13/h3,6,8,13H,1-2,4-5H2. The van der Waals surface area contributed by atoms with E-state index in [-0.39, 0.29) is 18.6 Å². The van der Waals surface area contributed by atoms with Gasteiger partial charge in [0, 0.05) is 11.9 Å². The Kier molecular flexibility index (Phi) is 4.17. The smallest absolute Gasteiger partial charge is 0.255 e. The van der Waals surface area contributed by atoms with E-state index in [1.54, 1.807) is 16.2 Å². The molecule has 2 rings (SSSR count). The van der Waals surface area contributed by atoms with E-state index in [0.717, 1.165) is 2.88 Å². The summed E-state index contributed by atoms with van der Waals surface area (Å²) in [5, 5.41) is 11.0. The molecule has 16 heavy (non-hydrogen) atoms. The number of aliphatic hydroxyl groups is 1. The van der Waals surface area contributed by atoms with Gasteiger partial charge in [0.05, 0.1) is 34.3 Å². The largest absolute Gasteiger partial charge is 0.394 e. The number of rotatable bonds is 2. The zero-order valence-electron chi connectivity index (χ0n) is 8.56. The lowest BCUT2D eigenvalue weighted by Gasteiger charge is -2.34. The van der Waals surface area contributed by atoms with Crippen LogP contribution in [0.15, 0.2) is 11.4 Å². The molecule has 1 saturated heterocycles. The molecule has 1 aliphatic heterocycles. The Balaban J connectivity index is 2.13. The van der Waals surface area contributed by atoms with Crippen LogP contribution < -0.4 is 0 Å². The second-order valence-corrected chi connectivity index (χ2v) is 6.35. The van der Waals surface area contributed by atoms with Crippen molar-refractivity contribution in [2.24, 2.45) is 0 Å². The highest BCUT2D eigenvalue weighted by atomic mass is 127. The Labute approximate surface area is 111 Å². The highest BCUT2D eigenvalue weighted by Gasteiger charge is 2.27. The van der Waals surface area contributed by atoms with E-state index in [1.165, 1.54) is 0 Å². The van der Waals surface area contributed by atoms with E-state index in [9.17, 15) is 9.90 Å². The van der Waals surface area contributed by atoms with Gasteiger partial charge >= 0.3 is 0 Å². The summed E-state index contributed by atoms with van der Waals surface area (Å²) in [5.74, 6) is -0.0125. The number of hydrogen-bond acceptors (Lipinski definition) is 4. The summed E-state index contributed by atoms with van der Waals surface area (Å²) in [6, 6.07) is 1.66. The molecule has 1 aromatic heterocycles. The van der Waals surface area contributed by atoms with Gasteiger partial charge in [0.2, 0.25) is 0 Å². The molecule has 1 fully saturated rings. The zero-order valence-corrected chi connectivity index (χ0v) is 11.5. The quantitative estimate of drug-likeness (QED) is 0.813. The molecule has 0 saturated carbocycles. The average molecular weight is 353 g/mol. The van der Waals surface area contributed by atoms with Gasteiger partial charge in [-0.05, 0) is 28.7 Å². The van der Waals surface area contributed by atoms with Crippen LogP contribution in [0.25, 0.3) is 0 Å². The number of morpholine rings is 1. The second kappa shape index (κ2) is 5.44. The van der Waals surface area contributed by atoms with E-state index in [0.29, 0.717) is 25.3 Å². The minimum atomic E-state index is -0.209. The van der Waals surface area contributed by atoms with Gasteiger partial charge < -0.3 is 14.7 Å². The first-order chi connectivity index (χ1) is 7.72. The van der Waals surface area contributed by atoms with Crippen molar-refractivity contribution in [3.63, 3.8) is 0 Å². The number of carbonyl (C=O) groups excluding carboxylic acids is 1. The number of hydrogen-bond donors (Lipinski definition) is 1. The minimum Gasteiger partial charge on any atom is -0.394 e. The van der Waals surface area contributed by atoms with Crippen molar-refractivity contribution >= 4 is 39.8 Å². The van der Waals surface area contributed by atoms with E-state index in [2.05, 4.69) is 22.6 Å². The Bertz CT molecular complexity index is 382. The fourth-order valence-corrected chi connectivity index (χ4v) is 2.98. The van der Waals surface area contributed by atoms with Crippen LogP contribution >= 0.6 is 33.9 Å². The first-order valence-corrected chi connectivity index (χ1v) is 6.92. The van der Waals surface area contributed by atoms with Crippen molar-refractivity contribution in [1.29, 1.82) is 0 Å². The van der Waals surface area contributed by atoms with Crippen LogP contribution in [0.5, 0.6) is 0 Å². The van der Waals surface area contributed by atoms with Crippen molar-refractivity contribution in [1.82, 2.24) is 4.90 Å². The first-order valence-electron chi connectivity index (χ1n) is 4.96. The van der Waals surface area contributed by atoms with Gasteiger partial charge in [-0.2, -0.15) is 0 Å². The van der Waals surface area contributed by atoms with Crippen LogP contribution in [-0.4, -0.2) is 48.3 Å². The topological polar surface area (TPSA) is 49.8 Å². The molecule has 2 heterocycles. The van der Waals surface area contributed by atoms with Crippen LogP contribution in [0.4, 0.5) is 0 Å². The monoisotopic (exact) mass is 353 g/mol. The molecule has 6 heteroatoms. The molecule has 0 aromatic carbocycles. The van der Waals surface area contributed by atoms with Crippen LogP contribution in [-0.2, 0) is 4.74 Å². The maximum atomic E-state index is 12.1. The van der Waals surface area contributed by atoms with Gasteiger partial charge in [0.25, 0.3) is 5.91 Å². The van der Waals surface area contributed by atoms with Crippen LogP contribution in [0.2, 0.25) is 0 Å². The third kappa shape index (κ3) is 2.55. The summed E-state index contributed by atoms with van der Waals surface area (Å²) in [4.78, 5) is 13.8. The number of amides is 1. The number of aliphatic hydroxyl groups excluding tert-OH is 1. The summed E-state index contributed by atoms with van der Waals surface area (Å²) in [6.07, 6.45) is 0. The first kappa shape index (κ1) is 12.3. The summed E-state index contributed by atoms with van der Waals surface area (Å²) in [5.41, 5.74) is 0.703. The van der Waals surface area contributed by atoms with Gasteiger partial charge in [-0.3, -0.25) is 4.79 Å². The van der Waals surface area contributed by atoms with Crippen LogP contribution in [0.3, 0.4) is 0 Å². The summed E-state index contributed by atoms with van der Waals surface area (Å²) in [7, 11) is 0. The zero-order chi connectivity index (χ0) is 11.5. The lowest BCUT2D eigenvalue weighted by molar-refractivity contribution is -0.0183. The van der Waals surface area contributed by atoms with Crippen molar-refractivity contribution in [2.75, 3.05) is 26.4 Å². The van der Waals surface area contributed by atoms with Crippen molar-refractivity contribution < 1.29 is 14.6 Å². The van der Waals surface area contributed by atoms with Crippen molar-refractivity contribution in [3.05, 3.63) is 19.9 Å². The Morgan fingerprint density at radius 2 is 2.56 bits per heavy atom. The Morgan fingerprint density at radius 1 is 1.75 bits per heavy atom. The molecule has 1 unspecified atom stereocenters. The average Bonchev–Trinajstić information content (AvgIpc) is 2.75. The molecule has 0 bridgehead atoms. The fraction of sp³-hybridized carbons (Fsp3) is 0.500. The highest BCUT2D eigenvalue weighted by molar-refractivity contribution is 14.1. The summed E-state index contributed by atoms with van der Waals surface area (Å²) < 4.78 is 6.33. The van der Waals surface area contributed by atoms with Gasteiger partial charge in [-0.25, -0.2) is 0 Å². The van der Waals surface area contributed by atoms with Crippen LogP contribution in [0, 0.1) is 2.88 Å². The molecule has 88 valence electrons. The SMILES string of the molecule is O=C(c1csc(I)c1)N1CCOCC1CO. The van der Waals surface area contributed by atoms with E-state index in [4.69, 9.17) is 4.74 Å². The van der Waals surface area contributed by atoms with Crippen molar-refractivity contribution in [2.45, 2.75) is 6.04 Å². The molecular formula is C10H12INO3S. The van der Waals surface area contributed by atoms with E-state index >= 15 is 0 Å². The summed E-state index contributed by atoms with van der Waals surface area (Å²) >= 11 is 3.74. The molecule has 1 aromatic rings. The maximum Gasteiger partial charge on any atom is 0.255 e. The Hall–Kier alpha value is -0.180. The number of carbonyl (C=O) groups is 1. The molecule has 0 aliphatic carbocycles. The highest BCUT2D eigenvalue weighted by Crippen LogP contribution is 2.19. The molecule has 0 spiro atoms. The molecular weight excluding hydrogens is 341 g/mol. The molecule has 0 radical (unpaired) electrons. The second-order valence-electron chi connectivity index (χ2n) is 3.55. The molecule has 1 N–H and O–H groups in total. The van der Waals surface area contributed by atoms with Crippen molar-refractivity contribution in [3.8, 4) is 0 Å². The van der Waals surface area contributed by atoms with E-state index < -0.39 is 0 Å². The van der Waals surface area contributed by atoms with Gasteiger partial charge in [0.15, 0.2) is 0 Å². The molecule has 1 aliphatic rings. The summed E-state index contributed by atoms with van der Waals surface area (Å²) in [6.45, 7) is 1.47. The molecule has 4 nitrogen and oxygen atoms in total. The predicted octanol–water partition coefficient (Wildman–Crippen LogP) is 1.19. The van der Waals surface area contributed by atoms with Gasteiger partial charge in [0.1, 0.15) is 0 Å². The fourth-order valence-electron chi connectivity index (χ4n) is 1.66. The molecule has 1 atom stereocenters. The van der Waals surface area contributed by atoms with Crippen LogP contribution in [0.1, 0.15) is 10.4 Å². The third-order valence-corrected chi connectivity index (χ3v) is 4.30. The number of nitrogens with zero attached hydrogens (tertiary/aromatic N) is 1. The van der Waals surface area contributed by atoms with Gasteiger partial charge in [-0.15, -0.1) is 11.3 Å². The van der Waals surface area contributed by atoms with E-state index in [1.807, 2.05) is 11.4 Å². The normalized spacial score (nSPS) is 21.1. The number of ether oxygens (including phenoxy) is 1. The lowest BCUT2D eigenvalue weighted by atomic mass is 10.2. The predicted molar refractivity (Wildman–Crippen MR) is 69.8 cm³/mol. The minimum absolute atomic E-state index is 0.0125. The maximum absolute atomic E-state index is 12.1. The molecule has 1 amide bonds. The Morgan fingerprint density at radius 3 is 3.19 bits per heavy atom. The lowest BCUT2D eigenvalue weighted by Crippen LogP contribution is -2.50. The third-order valence-electron chi connectivity index (χ3n) is 2.51. The van der Waals surface area contributed by atoms with Gasteiger partial charge in [-0.1, -0.05) is 0 Å². The number of halogens is 1.